The normalized spacial score (nSPS) is 13.3. The van der Waals surface area contributed by atoms with E-state index in [2.05, 4.69) is 20.1 Å². The van der Waals surface area contributed by atoms with E-state index in [4.69, 9.17) is 22.6 Å². The van der Waals surface area contributed by atoms with Gasteiger partial charge in [-0.2, -0.15) is 18.8 Å². The Morgan fingerprint density at radius 1 is 1.21 bits per heavy atom. The number of aryl methyl sites for hydroxylation is 1. The lowest BCUT2D eigenvalue weighted by Crippen LogP contribution is -2.34. The van der Waals surface area contributed by atoms with Crippen LogP contribution in [0.25, 0.3) is 11.4 Å². The molecule has 2 atom stereocenters. The van der Waals surface area contributed by atoms with Gasteiger partial charge in [0, 0.05) is 17.0 Å². The Hall–Kier alpha value is -3.30. The molecule has 38 heavy (non-hydrogen) atoms. The molecule has 12 heteroatoms. The van der Waals surface area contributed by atoms with Crippen LogP contribution in [0.5, 0.6) is 0 Å². The van der Waals surface area contributed by atoms with Crippen molar-refractivity contribution in [2.24, 2.45) is 5.73 Å². The Morgan fingerprint density at radius 3 is 2.53 bits per heavy atom. The van der Waals surface area contributed by atoms with E-state index in [1.165, 1.54) is 0 Å². The summed E-state index contributed by atoms with van der Waals surface area (Å²) in [4.78, 5) is 18.6. The number of nitriles is 1. The minimum absolute atomic E-state index is 0.168. The van der Waals surface area contributed by atoms with Gasteiger partial charge in [-0.15, -0.1) is 0 Å². The van der Waals surface area contributed by atoms with Crippen molar-refractivity contribution in [3.05, 3.63) is 70.0 Å². The molecule has 0 radical (unpaired) electrons. The number of carbonyl (C=O) groups is 1. The zero-order valence-electron chi connectivity index (χ0n) is 21.3. The number of hydrogen-bond donors (Lipinski definition) is 3. The number of halogens is 1. The Morgan fingerprint density at radius 2 is 1.92 bits per heavy atom. The molecule has 0 bridgehead atoms. The van der Waals surface area contributed by atoms with Crippen molar-refractivity contribution in [3.63, 3.8) is 0 Å². The highest BCUT2D eigenvalue weighted by molar-refractivity contribution is 7.86. The van der Waals surface area contributed by atoms with Crippen molar-refractivity contribution >= 4 is 27.6 Å². The molecule has 0 aliphatic carbocycles. The molecule has 1 unspecified atom stereocenters. The van der Waals surface area contributed by atoms with Crippen LogP contribution in [0.1, 0.15) is 59.9 Å². The molecule has 0 spiro atoms. The van der Waals surface area contributed by atoms with Gasteiger partial charge in [-0.1, -0.05) is 43.6 Å². The zero-order chi connectivity index (χ0) is 27.9. The van der Waals surface area contributed by atoms with Crippen molar-refractivity contribution in [3.8, 4) is 17.5 Å². The summed E-state index contributed by atoms with van der Waals surface area (Å²) in [6, 6.07) is 13.6. The molecule has 1 heterocycles. The number of aromatic nitrogens is 3. The SMILES string of the molecule is CCN(CC)CCC([C@H](CCc1ccccc1C(N)=O)c1nc(-c2ccc(C#N)c(Cl)c2)n[nH]1)S(=O)(=O)O. The van der Waals surface area contributed by atoms with E-state index in [9.17, 15) is 17.8 Å². The largest absolute Gasteiger partial charge is 0.366 e. The smallest absolute Gasteiger partial charge is 0.268 e. The Labute approximate surface area is 227 Å². The lowest BCUT2D eigenvalue weighted by molar-refractivity contribution is 0.0999. The zero-order valence-corrected chi connectivity index (χ0v) is 22.8. The van der Waals surface area contributed by atoms with Crippen LogP contribution in [0.4, 0.5) is 0 Å². The third-order valence-corrected chi connectivity index (χ3v) is 8.31. The summed E-state index contributed by atoms with van der Waals surface area (Å²) >= 11 is 6.17. The summed E-state index contributed by atoms with van der Waals surface area (Å²) < 4.78 is 35.6. The number of H-pyrrole nitrogens is 1. The first-order valence-corrected chi connectivity index (χ1v) is 14.2. The third kappa shape index (κ3) is 7.17. The predicted molar refractivity (Wildman–Crippen MR) is 145 cm³/mol. The van der Waals surface area contributed by atoms with Crippen LogP contribution in [0.2, 0.25) is 5.02 Å². The number of carbonyl (C=O) groups excluding carboxylic acids is 1. The number of amides is 1. The number of primary amides is 1. The number of benzene rings is 2. The predicted octanol–water partition coefficient (Wildman–Crippen LogP) is 3.80. The van der Waals surface area contributed by atoms with Gasteiger partial charge in [0.1, 0.15) is 11.9 Å². The van der Waals surface area contributed by atoms with Gasteiger partial charge in [0.25, 0.3) is 10.1 Å². The minimum atomic E-state index is -4.49. The third-order valence-electron chi connectivity index (χ3n) is 6.66. The average Bonchev–Trinajstić information content (AvgIpc) is 3.37. The van der Waals surface area contributed by atoms with E-state index in [1.54, 1.807) is 42.5 Å². The molecule has 3 aromatic rings. The summed E-state index contributed by atoms with van der Waals surface area (Å²) in [6.45, 7) is 5.89. The van der Waals surface area contributed by atoms with Crippen LogP contribution in [0, 0.1) is 11.3 Å². The molecule has 1 aromatic heterocycles. The summed E-state index contributed by atoms with van der Waals surface area (Å²) in [5, 5.41) is 15.3. The van der Waals surface area contributed by atoms with Crippen molar-refractivity contribution in [2.45, 2.75) is 44.3 Å². The van der Waals surface area contributed by atoms with Gasteiger partial charge in [-0.3, -0.25) is 14.4 Å². The lowest BCUT2D eigenvalue weighted by Gasteiger charge is -2.26. The quantitative estimate of drug-likeness (QED) is 0.266. The summed E-state index contributed by atoms with van der Waals surface area (Å²) in [7, 11) is -4.49. The van der Waals surface area contributed by atoms with Crippen molar-refractivity contribution in [2.75, 3.05) is 19.6 Å². The molecule has 4 N–H and O–H groups in total. The molecule has 0 saturated heterocycles. The number of nitrogens with one attached hydrogen (secondary N) is 1. The molecule has 1 amide bonds. The molecule has 0 aliphatic rings. The summed E-state index contributed by atoms with van der Waals surface area (Å²) in [5.41, 5.74) is 7.40. The van der Waals surface area contributed by atoms with Crippen LogP contribution in [-0.2, 0) is 16.5 Å². The standard InChI is InChI=1S/C26H31ClN6O4S/c1-3-33(4-2)14-13-23(38(35,36)37)21(12-11-17-7-5-6-8-20(17)24(29)34)26-30-25(31-32-26)18-9-10-19(16-28)22(27)15-18/h5-10,15,21,23H,3-4,11-14H2,1-2H3,(H2,29,34)(H,30,31,32)(H,35,36,37)/t21-,23?/m0/s1. The fraction of sp³-hybridized carbons (Fsp3) is 0.385. The maximum atomic E-state index is 12.7. The summed E-state index contributed by atoms with van der Waals surface area (Å²) in [5.74, 6) is -0.799. The Kier molecular flexibility index (Phi) is 9.99. The maximum Gasteiger partial charge on any atom is 0.268 e. The highest BCUT2D eigenvalue weighted by Crippen LogP contribution is 2.32. The van der Waals surface area contributed by atoms with Crippen molar-refractivity contribution < 1.29 is 17.8 Å². The van der Waals surface area contributed by atoms with Gasteiger partial charge in [0.15, 0.2) is 5.82 Å². The van der Waals surface area contributed by atoms with E-state index >= 15 is 0 Å². The first-order valence-electron chi connectivity index (χ1n) is 12.3. The first kappa shape index (κ1) is 29.3. The fourth-order valence-electron chi connectivity index (χ4n) is 4.51. The highest BCUT2D eigenvalue weighted by Gasteiger charge is 2.35. The van der Waals surface area contributed by atoms with Crippen molar-refractivity contribution in [1.29, 1.82) is 5.26 Å². The molecule has 10 nitrogen and oxygen atoms in total. The maximum absolute atomic E-state index is 12.7. The molecular formula is C26H31ClN6O4S. The van der Waals surface area contributed by atoms with Crippen LogP contribution in [0.15, 0.2) is 42.5 Å². The topological polar surface area (TPSA) is 166 Å². The van der Waals surface area contributed by atoms with Crippen LogP contribution in [0.3, 0.4) is 0 Å². The van der Waals surface area contributed by atoms with Gasteiger partial charge < -0.3 is 10.6 Å². The van der Waals surface area contributed by atoms with E-state index in [-0.39, 0.29) is 29.5 Å². The molecule has 2 aromatic carbocycles. The van der Waals surface area contributed by atoms with E-state index in [0.717, 1.165) is 13.1 Å². The van der Waals surface area contributed by atoms with Crippen LogP contribution < -0.4 is 5.73 Å². The molecular weight excluding hydrogens is 528 g/mol. The number of rotatable bonds is 13. The minimum Gasteiger partial charge on any atom is -0.366 e. The molecule has 202 valence electrons. The highest BCUT2D eigenvalue weighted by atomic mass is 35.5. The van der Waals surface area contributed by atoms with E-state index in [1.807, 2.05) is 19.9 Å². The van der Waals surface area contributed by atoms with E-state index < -0.39 is 27.2 Å². The molecule has 0 saturated carbocycles. The van der Waals surface area contributed by atoms with Gasteiger partial charge in [-0.25, -0.2) is 4.98 Å². The number of hydrogen-bond acceptors (Lipinski definition) is 7. The summed E-state index contributed by atoms with van der Waals surface area (Å²) in [6.07, 6.45) is 0.733. The number of aromatic amines is 1. The van der Waals surface area contributed by atoms with Crippen LogP contribution in [-0.4, -0.2) is 63.8 Å². The van der Waals surface area contributed by atoms with Crippen LogP contribution >= 0.6 is 11.6 Å². The molecule has 3 rings (SSSR count). The monoisotopic (exact) mass is 558 g/mol. The molecule has 0 aliphatic heterocycles. The first-order chi connectivity index (χ1) is 18.1. The fourth-order valence-corrected chi connectivity index (χ4v) is 5.82. The lowest BCUT2D eigenvalue weighted by atomic mass is 9.92. The van der Waals surface area contributed by atoms with Crippen molar-refractivity contribution in [1.82, 2.24) is 20.1 Å². The Balaban J connectivity index is 2.01. The number of nitrogens with zero attached hydrogens (tertiary/aromatic N) is 4. The van der Waals surface area contributed by atoms with Gasteiger partial charge >= 0.3 is 0 Å². The van der Waals surface area contributed by atoms with Gasteiger partial charge in [0.05, 0.1) is 15.8 Å². The second-order valence-electron chi connectivity index (χ2n) is 8.89. The van der Waals surface area contributed by atoms with E-state index in [0.29, 0.717) is 35.2 Å². The molecule has 0 fully saturated rings. The van der Waals surface area contributed by atoms with Gasteiger partial charge in [-0.05, 0) is 68.7 Å². The second-order valence-corrected chi connectivity index (χ2v) is 10.9. The average molecular weight is 559 g/mol. The number of nitrogens with two attached hydrogens (primary N) is 1. The van der Waals surface area contributed by atoms with Gasteiger partial charge in [0.2, 0.25) is 5.91 Å². The Bertz CT molecular complexity index is 1420. The second kappa shape index (κ2) is 13.0.